The van der Waals surface area contributed by atoms with Crippen molar-refractivity contribution in [3.8, 4) is 0 Å². The van der Waals surface area contributed by atoms with Crippen LogP contribution in [0.3, 0.4) is 0 Å². The highest BCUT2D eigenvalue weighted by Crippen LogP contribution is 2.05. The minimum Gasteiger partial charge on any atom is -0.349 e. The summed E-state index contributed by atoms with van der Waals surface area (Å²) in [6.07, 6.45) is 0.823. The highest BCUT2D eigenvalue weighted by atomic mass is 19.1. The summed E-state index contributed by atoms with van der Waals surface area (Å²) in [4.78, 5) is 24.7. The molecule has 0 bridgehead atoms. The predicted molar refractivity (Wildman–Crippen MR) is 65.8 cm³/mol. The Kier molecular flexibility index (Phi) is 4.07. The number of nitrogens with one attached hydrogen (secondary N) is 3. The van der Waals surface area contributed by atoms with E-state index in [1.807, 2.05) is 0 Å². The summed E-state index contributed by atoms with van der Waals surface area (Å²) in [5.74, 6) is -0.0796. The molecule has 0 unspecified atom stereocenters. The van der Waals surface area contributed by atoms with E-state index in [-0.39, 0.29) is 18.3 Å². The predicted octanol–water partition coefficient (Wildman–Crippen LogP) is 0.486. The molecule has 7 heteroatoms. The van der Waals surface area contributed by atoms with Gasteiger partial charge in [0.25, 0.3) is 0 Å². The summed E-state index contributed by atoms with van der Waals surface area (Å²) >= 11 is 0. The Morgan fingerprint density at radius 1 is 1.32 bits per heavy atom. The van der Waals surface area contributed by atoms with Crippen molar-refractivity contribution >= 4 is 5.91 Å². The molecule has 6 nitrogen and oxygen atoms in total. The number of aryl methyl sites for hydroxylation is 1. The van der Waals surface area contributed by atoms with Gasteiger partial charge in [-0.3, -0.25) is 9.78 Å². The first-order chi connectivity index (χ1) is 9.13. The standard InChI is InChI=1S/C12H13FN4O2/c13-9-4-1-8(2-5-9)3-6-11(18)14-7-10-15-12(19)17-16-10/h1-2,4-5H,3,6-7H2,(H,14,18)(H2,15,16,17,19). The van der Waals surface area contributed by atoms with Crippen LogP contribution in [0.5, 0.6) is 0 Å². The molecule has 0 aliphatic carbocycles. The molecule has 0 aliphatic heterocycles. The van der Waals surface area contributed by atoms with Crippen LogP contribution in [0.25, 0.3) is 0 Å². The topological polar surface area (TPSA) is 90.6 Å². The van der Waals surface area contributed by atoms with Crippen molar-refractivity contribution in [1.29, 1.82) is 0 Å². The number of carbonyl (C=O) groups is 1. The van der Waals surface area contributed by atoms with Gasteiger partial charge in [0.2, 0.25) is 5.91 Å². The zero-order valence-electron chi connectivity index (χ0n) is 10.1. The average Bonchev–Trinajstić information content (AvgIpc) is 2.81. The molecule has 1 heterocycles. The van der Waals surface area contributed by atoms with Gasteiger partial charge in [-0.25, -0.2) is 14.3 Å². The summed E-state index contributed by atoms with van der Waals surface area (Å²) in [7, 11) is 0. The summed E-state index contributed by atoms with van der Waals surface area (Å²) in [5.41, 5.74) is 0.486. The first-order valence-electron chi connectivity index (χ1n) is 5.78. The van der Waals surface area contributed by atoms with Crippen molar-refractivity contribution in [2.24, 2.45) is 0 Å². The number of halogens is 1. The van der Waals surface area contributed by atoms with E-state index in [2.05, 4.69) is 20.5 Å². The van der Waals surface area contributed by atoms with E-state index in [1.54, 1.807) is 12.1 Å². The molecule has 1 aromatic carbocycles. The Hall–Kier alpha value is -2.44. The SMILES string of the molecule is O=C(CCc1ccc(F)cc1)NCc1n[nH]c(=O)[nH]1. The van der Waals surface area contributed by atoms with Crippen molar-refractivity contribution in [1.82, 2.24) is 20.5 Å². The minimum atomic E-state index is -0.407. The van der Waals surface area contributed by atoms with Crippen LogP contribution in [-0.4, -0.2) is 21.1 Å². The van der Waals surface area contributed by atoms with E-state index in [1.165, 1.54) is 12.1 Å². The normalized spacial score (nSPS) is 10.4. The number of hydrogen-bond donors (Lipinski definition) is 3. The Labute approximate surface area is 108 Å². The third kappa shape index (κ3) is 4.06. The molecule has 100 valence electrons. The van der Waals surface area contributed by atoms with Crippen LogP contribution in [0.2, 0.25) is 0 Å². The van der Waals surface area contributed by atoms with Crippen molar-refractivity contribution in [3.05, 3.63) is 52.0 Å². The first kappa shape index (κ1) is 13.0. The molecule has 0 saturated heterocycles. The molecular weight excluding hydrogens is 251 g/mol. The van der Waals surface area contributed by atoms with Gasteiger partial charge in [0, 0.05) is 6.42 Å². The Balaban J connectivity index is 1.75. The molecule has 0 fully saturated rings. The summed E-state index contributed by atoms with van der Waals surface area (Å²) in [6.45, 7) is 0.168. The summed E-state index contributed by atoms with van der Waals surface area (Å²) < 4.78 is 12.7. The maximum Gasteiger partial charge on any atom is 0.340 e. The van der Waals surface area contributed by atoms with Gasteiger partial charge < -0.3 is 5.32 Å². The van der Waals surface area contributed by atoms with Crippen LogP contribution in [-0.2, 0) is 17.8 Å². The van der Waals surface area contributed by atoms with Crippen molar-refractivity contribution in [2.45, 2.75) is 19.4 Å². The van der Waals surface area contributed by atoms with E-state index < -0.39 is 5.69 Å². The number of nitrogens with zero attached hydrogens (tertiary/aromatic N) is 1. The number of hydrogen-bond acceptors (Lipinski definition) is 3. The number of aromatic amines is 2. The molecule has 0 spiro atoms. The first-order valence-corrected chi connectivity index (χ1v) is 5.78. The maximum atomic E-state index is 12.7. The molecule has 0 atom stereocenters. The van der Waals surface area contributed by atoms with Gasteiger partial charge in [0.15, 0.2) is 0 Å². The van der Waals surface area contributed by atoms with Crippen LogP contribution in [0.1, 0.15) is 17.8 Å². The smallest absolute Gasteiger partial charge is 0.340 e. The lowest BCUT2D eigenvalue weighted by Crippen LogP contribution is -2.23. The molecule has 19 heavy (non-hydrogen) atoms. The maximum absolute atomic E-state index is 12.7. The lowest BCUT2D eigenvalue weighted by atomic mass is 10.1. The van der Waals surface area contributed by atoms with Crippen molar-refractivity contribution < 1.29 is 9.18 Å². The molecule has 0 saturated carbocycles. The van der Waals surface area contributed by atoms with Crippen LogP contribution in [0.15, 0.2) is 29.1 Å². The van der Waals surface area contributed by atoms with Gasteiger partial charge in [0.1, 0.15) is 11.6 Å². The van der Waals surface area contributed by atoms with Gasteiger partial charge in [-0.2, -0.15) is 5.10 Å². The number of carbonyl (C=O) groups excluding carboxylic acids is 1. The Morgan fingerprint density at radius 2 is 2.05 bits per heavy atom. The quantitative estimate of drug-likeness (QED) is 0.734. The number of amides is 1. The molecule has 1 amide bonds. The van der Waals surface area contributed by atoms with Gasteiger partial charge in [-0.05, 0) is 24.1 Å². The largest absolute Gasteiger partial charge is 0.349 e. The van der Waals surface area contributed by atoms with E-state index in [0.29, 0.717) is 18.7 Å². The molecular formula is C12H13FN4O2. The third-order valence-electron chi connectivity index (χ3n) is 2.56. The molecule has 1 aromatic heterocycles. The lowest BCUT2D eigenvalue weighted by Gasteiger charge is -2.03. The fourth-order valence-electron chi connectivity index (χ4n) is 1.57. The summed E-state index contributed by atoms with van der Waals surface area (Å²) in [5, 5.41) is 8.50. The Bertz CT molecular complexity index is 603. The molecule has 3 N–H and O–H groups in total. The van der Waals surface area contributed by atoms with Crippen molar-refractivity contribution in [2.75, 3.05) is 0 Å². The van der Waals surface area contributed by atoms with E-state index in [0.717, 1.165) is 5.56 Å². The monoisotopic (exact) mass is 264 g/mol. The number of aromatic nitrogens is 3. The third-order valence-corrected chi connectivity index (χ3v) is 2.56. The lowest BCUT2D eigenvalue weighted by molar-refractivity contribution is -0.121. The zero-order chi connectivity index (χ0) is 13.7. The van der Waals surface area contributed by atoms with Gasteiger partial charge in [-0.1, -0.05) is 12.1 Å². The van der Waals surface area contributed by atoms with E-state index in [9.17, 15) is 14.0 Å². The van der Waals surface area contributed by atoms with Gasteiger partial charge in [0.05, 0.1) is 6.54 Å². The Morgan fingerprint density at radius 3 is 2.68 bits per heavy atom. The van der Waals surface area contributed by atoms with Gasteiger partial charge in [-0.15, -0.1) is 0 Å². The van der Waals surface area contributed by atoms with E-state index >= 15 is 0 Å². The molecule has 0 aliphatic rings. The average molecular weight is 264 g/mol. The number of rotatable bonds is 5. The number of H-pyrrole nitrogens is 2. The minimum absolute atomic E-state index is 0.159. The fraction of sp³-hybridized carbons (Fsp3) is 0.250. The van der Waals surface area contributed by atoms with Crippen LogP contribution >= 0.6 is 0 Å². The zero-order valence-corrected chi connectivity index (χ0v) is 10.1. The van der Waals surface area contributed by atoms with Crippen LogP contribution in [0, 0.1) is 5.82 Å². The molecule has 2 rings (SSSR count). The van der Waals surface area contributed by atoms with E-state index in [4.69, 9.17) is 0 Å². The fourth-order valence-corrected chi connectivity index (χ4v) is 1.57. The molecule has 2 aromatic rings. The van der Waals surface area contributed by atoms with Crippen LogP contribution in [0.4, 0.5) is 4.39 Å². The van der Waals surface area contributed by atoms with Crippen LogP contribution < -0.4 is 11.0 Å². The second kappa shape index (κ2) is 5.94. The van der Waals surface area contributed by atoms with Gasteiger partial charge >= 0.3 is 5.69 Å². The summed E-state index contributed by atoms with van der Waals surface area (Å²) in [6, 6.07) is 6.02. The second-order valence-electron chi connectivity index (χ2n) is 4.03. The van der Waals surface area contributed by atoms with Crippen molar-refractivity contribution in [3.63, 3.8) is 0 Å². The highest BCUT2D eigenvalue weighted by molar-refractivity contribution is 5.76. The second-order valence-corrected chi connectivity index (χ2v) is 4.03. The number of benzene rings is 1. The molecule has 0 radical (unpaired) electrons. The highest BCUT2D eigenvalue weighted by Gasteiger charge is 2.04.